The Morgan fingerprint density at radius 3 is 1.50 bits per heavy atom. The zero-order chi connectivity index (χ0) is 24.9. The number of hydroxylamine groups is 2. The second-order valence-electron chi connectivity index (χ2n) is 7.18. The summed E-state index contributed by atoms with van der Waals surface area (Å²) in [6, 6.07) is 15.7. The molecule has 34 heavy (non-hydrogen) atoms. The van der Waals surface area contributed by atoms with Gasteiger partial charge in [0.2, 0.25) is 6.41 Å². The van der Waals surface area contributed by atoms with Crippen molar-refractivity contribution in [2.75, 3.05) is 11.5 Å². The third-order valence-electron chi connectivity index (χ3n) is 4.71. The summed E-state index contributed by atoms with van der Waals surface area (Å²) >= 11 is 11.6. The van der Waals surface area contributed by atoms with Crippen molar-refractivity contribution in [1.29, 1.82) is 0 Å². The molecule has 3 aromatic carbocycles. The van der Waals surface area contributed by atoms with Crippen molar-refractivity contribution in [3.05, 3.63) is 82.8 Å². The number of nitrogens with zero attached hydrogens (tertiary/aromatic N) is 1. The quantitative estimate of drug-likeness (QED) is 0.230. The van der Waals surface area contributed by atoms with E-state index in [9.17, 15) is 26.8 Å². The van der Waals surface area contributed by atoms with Gasteiger partial charge in [0.25, 0.3) is 0 Å². The first-order valence-corrected chi connectivity index (χ1v) is 13.7. The van der Waals surface area contributed by atoms with Gasteiger partial charge in [0.05, 0.1) is 27.3 Å². The van der Waals surface area contributed by atoms with Gasteiger partial charge in [-0.3, -0.25) is 10.0 Å². The molecule has 1 amide bonds. The Kier molecular flexibility index (Phi) is 8.21. The number of amides is 1. The summed E-state index contributed by atoms with van der Waals surface area (Å²) in [7, 11) is -8.13. The third-order valence-corrected chi connectivity index (χ3v) is 8.84. The van der Waals surface area contributed by atoms with Crippen molar-refractivity contribution < 1.29 is 31.6 Å². The number of hydrogen-bond acceptors (Lipinski definition) is 7. The van der Waals surface area contributed by atoms with E-state index in [0.29, 0.717) is 21.5 Å². The molecule has 0 saturated carbocycles. The van der Waals surface area contributed by atoms with Gasteiger partial charge in [-0.1, -0.05) is 23.2 Å². The number of benzene rings is 3. The number of carbonyl (C=O) groups excluding carboxylic acids is 1. The lowest BCUT2D eigenvalue weighted by atomic mass is 10.3. The molecule has 0 fully saturated rings. The zero-order valence-corrected chi connectivity index (χ0v) is 20.6. The lowest BCUT2D eigenvalue weighted by molar-refractivity contribution is -0.156. The summed E-state index contributed by atoms with van der Waals surface area (Å²) < 4.78 is 56.9. The highest BCUT2D eigenvalue weighted by molar-refractivity contribution is 7.92. The minimum Gasteiger partial charge on any atom is -0.457 e. The standard InChI is InChI=1S/C22H19Cl2NO7S2/c23-16-1-5-19(6-2-16)32-20-7-11-22(12-8-20)34(30,31)14-18(25(27)15-26)13-33(28,29)21-9-3-17(24)4-10-21/h1-12,15,18,27H,13-14H2. The summed E-state index contributed by atoms with van der Waals surface area (Å²) in [6.07, 6.45) is -0.0410. The molecule has 3 rings (SSSR count). The van der Waals surface area contributed by atoms with E-state index in [4.69, 9.17) is 27.9 Å². The molecule has 0 aliphatic carbocycles. The Labute approximate surface area is 207 Å². The number of ether oxygens (including phenoxy) is 1. The number of carbonyl (C=O) groups is 1. The fourth-order valence-corrected chi connectivity index (χ4v) is 6.42. The molecule has 0 aliphatic rings. The zero-order valence-electron chi connectivity index (χ0n) is 17.4. The second-order valence-corrected chi connectivity index (χ2v) is 12.1. The molecule has 3 aromatic rings. The van der Waals surface area contributed by atoms with Crippen LogP contribution in [0.3, 0.4) is 0 Å². The average Bonchev–Trinajstić information content (AvgIpc) is 2.80. The summed E-state index contributed by atoms with van der Waals surface area (Å²) in [4.78, 5) is 10.9. The molecular formula is C22H19Cl2NO7S2. The summed E-state index contributed by atoms with van der Waals surface area (Å²) in [5.74, 6) is -0.790. The average molecular weight is 544 g/mol. The first-order chi connectivity index (χ1) is 16.0. The fourth-order valence-electron chi connectivity index (χ4n) is 2.98. The number of hydrogen-bond donors (Lipinski definition) is 1. The Morgan fingerprint density at radius 2 is 1.09 bits per heavy atom. The van der Waals surface area contributed by atoms with Crippen LogP contribution in [0.2, 0.25) is 10.0 Å². The monoisotopic (exact) mass is 543 g/mol. The lowest BCUT2D eigenvalue weighted by Gasteiger charge is -2.22. The van der Waals surface area contributed by atoms with E-state index < -0.39 is 37.2 Å². The molecule has 180 valence electrons. The molecule has 0 saturated heterocycles. The van der Waals surface area contributed by atoms with Crippen molar-refractivity contribution in [3.63, 3.8) is 0 Å². The van der Waals surface area contributed by atoms with Gasteiger partial charge in [-0.15, -0.1) is 0 Å². The van der Waals surface area contributed by atoms with Crippen LogP contribution in [0.1, 0.15) is 0 Å². The van der Waals surface area contributed by atoms with Crippen molar-refractivity contribution in [2.45, 2.75) is 15.8 Å². The van der Waals surface area contributed by atoms with E-state index >= 15 is 0 Å². The maximum atomic E-state index is 12.9. The molecule has 0 aromatic heterocycles. The first-order valence-electron chi connectivity index (χ1n) is 9.67. The van der Waals surface area contributed by atoms with Crippen LogP contribution in [0.5, 0.6) is 11.5 Å². The van der Waals surface area contributed by atoms with Gasteiger partial charge < -0.3 is 4.74 Å². The van der Waals surface area contributed by atoms with E-state index in [0.717, 1.165) is 0 Å². The van der Waals surface area contributed by atoms with Crippen LogP contribution in [0.25, 0.3) is 0 Å². The maximum Gasteiger partial charge on any atom is 0.233 e. The molecule has 0 bridgehead atoms. The number of sulfone groups is 2. The lowest BCUT2D eigenvalue weighted by Crippen LogP contribution is -2.42. The molecule has 0 heterocycles. The van der Waals surface area contributed by atoms with Gasteiger partial charge in [0.1, 0.15) is 11.5 Å². The van der Waals surface area contributed by atoms with E-state index in [1.165, 1.54) is 48.5 Å². The van der Waals surface area contributed by atoms with Crippen molar-refractivity contribution in [1.82, 2.24) is 5.06 Å². The highest BCUT2D eigenvalue weighted by Gasteiger charge is 2.31. The number of halogens is 2. The molecular weight excluding hydrogens is 525 g/mol. The van der Waals surface area contributed by atoms with Gasteiger partial charge >= 0.3 is 0 Å². The Bertz CT molecular complexity index is 1340. The van der Waals surface area contributed by atoms with E-state index in [1.54, 1.807) is 24.3 Å². The van der Waals surface area contributed by atoms with E-state index in [-0.39, 0.29) is 21.3 Å². The van der Waals surface area contributed by atoms with Gasteiger partial charge in [-0.2, -0.15) is 0 Å². The second kappa shape index (κ2) is 10.7. The van der Waals surface area contributed by atoms with Crippen molar-refractivity contribution >= 4 is 49.3 Å². The molecule has 0 radical (unpaired) electrons. The van der Waals surface area contributed by atoms with Crippen molar-refractivity contribution in [3.8, 4) is 11.5 Å². The van der Waals surface area contributed by atoms with E-state index in [2.05, 4.69) is 0 Å². The highest BCUT2D eigenvalue weighted by atomic mass is 35.5. The fraction of sp³-hybridized carbons (Fsp3) is 0.136. The third kappa shape index (κ3) is 6.71. The normalized spacial score (nSPS) is 12.7. The summed E-state index contributed by atoms with van der Waals surface area (Å²) in [6.45, 7) is 0. The van der Waals surface area contributed by atoms with Crippen LogP contribution in [0.4, 0.5) is 0 Å². The molecule has 1 N–H and O–H groups in total. The Hall–Kier alpha value is -2.63. The molecule has 8 nitrogen and oxygen atoms in total. The molecule has 0 aliphatic heterocycles. The highest BCUT2D eigenvalue weighted by Crippen LogP contribution is 2.25. The predicted molar refractivity (Wildman–Crippen MR) is 127 cm³/mol. The SMILES string of the molecule is O=CN(O)C(CS(=O)(=O)c1ccc(Cl)cc1)CS(=O)(=O)c1ccc(Oc2ccc(Cl)cc2)cc1. The van der Waals surface area contributed by atoms with Crippen LogP contribution < -0.4 is 4.74 Å². The van der Waals surface area contributed by atoms with Gasteiger partial charge in [-0.05, 0) is 72.8 Å². The Balaban J connectivity index is 1.78. The van der Waals surface area contributed by atoms with E-state index in [1.807, 2.05) is 0 Å². The van der Waals surface area contributed by atoms with Gasteiger partial charge in [0, 0.05) is 10.0 Å². The number of rotatable bonds is 10. The molecule has 1 unspecified atom stereocenters. The van der Waals surface area contributed by atoms with Crippen molar-refractivity contribution in [2.24, 2.45) is 0 Å². The largest absolute Gasteiger partial charge is 0.457 e. The molecule has 1 atom stereocenters. The summed E-state index contributed by atoms with van der Waals surface area (Å²) in [5, 5.41) is 10.8. The van der Waals surface area contributed by atoms with Crippen LogP contribution in [-0.2, 0) is 24.5 Å². The topological polar surface area (TPSA) is 118 Å². The Morgan fingerprint density at radius 1 is 0.735 bits per heavy atom. The van der Waals surface area contributed by atoms with Gasteiger partial charge in [-0.25, -0.2) is 21.9 Å². The smallest absolute Gasteiger partial charge is 0.233 e. The van der Waals surface area contributed by atoms with Crippen LogP contribution in [0, 0.1) is 0 Å². The first kappa shape index (κ1) is 26.0. The van der Waals surface area contributed by atoms with Crippen LogP contribution >= 0.6 is 23.2 Å². The maximum absolute atomic E-state index is 12.9. The molecule has 0 spiro atoms. The minimum atomic E-state index is -4.09. The van der Waals surface area contributed by atoms with Crippen LogP contribution in [0.15, 0.2) is 82.6 Å². The summed E-state index contributed by atoms with van der Waals surface area (Å²) in [5.41, 5.74) is 0. The van der Waals surface area contributed by atoms with Crippen LogP contribution in [-0.4, -0.2) is 51.1 Å². The van der Waals surface area contributed by atoms with Gasteiger partial charge in [0.15, 0.2) is 19.7 Å². The minimum absolute atomic E-state index is 0.0410. The molecule has 12 heteroatoms. The predicted octanol–water partition coefficient (Wildman–Crippen LogP) is 4.25.